The molecule has 0 fully saturated rings. The first-order valence-corrected chi connectivity index (χ1v) is 14.2. The standard InChI is InChI=1S/C31H23N5OS2/c37-28(21-38-30-29(23-14-6-2-7-15-23)32-25-18-10-11-19-26(25)33-30)34-35-31-36(24-16-8-3-9-17-24)27(20-39-31)22-12-4-1-5-13-22/h1-20H,21H2,(H,34,37)/b35-31-. The molecule has 0 saturated heterocycles. The first kappa shape index (κ1) is 24.8. The number of nitrogens with one attached hydrogen (secondary N) is 1. The van der Waals surface area contributed by atoms with Crippen LogP contribution in [-0.4, -0.2) is 26.2 Å². The number of hydrogen-bond acceptors (Lipinski definition) is 6. The smallest absolute Gasteiger partial charge is 0.250 e. The third kappa shape index (κ3) is 5.52. The van der Waals surface area contributed by atoms with Crippen LogP contribution in [0.15, 0.2) is 131 Å². The second-order valence-electron chi connectivity index (χ2n) is 8.61. The first-order chi connectivity index (χ1) is 19.3. The average Bonchev–Trinajstić information content (AvgIpc) is 3.44. The lowest BCUT2D eigenvalue weighted by molar-refractivity contribution is -0.118. The van der Waals surface area contributed by atoms with Gasteiger partial charge in [0.2, 0.25) is 4.80 Å². The lowest BCUT2D eigenvalue weighted by Crippen LogP contribution is -2.25. The van der Waals surface area contributed by atoms with Gasteiger partial charge in [0.1, 0.15) is 10.7 Å². The topological polar surface area (TPSA) is 72.2 Å². The van der Waals surface area contributed by atoms with Gasteiger partial charge in [-0.1, -0.05) is 103 Å². The van der Waals surface area contributed by atoms with Crippen molar-refractivity contribution in [1.29, 1.82) is 0 Å². The average molecular weight is 546 g/mol. The first-order valence-electron chi connectivity index (χ1n) is 12.4. The van der Waals surface area contributed by atoms with Gasteiger partial charge in [-0.2, -0.15) is 0 Å². The molecule has 0 unspecified atom stereocenters. The molecule has 6 aromatic rings. The van der Waals surface area contributed by atoms with E-state index in [1.54, 1.807) is 0 Å². The lowest BCUT2D eigenvalue weighted by Gasteiger charge is -2.10. The summed E-state index contributed by atoms with van der Waals surface area (Å²) in [7, 11) is 0. The number of benzene rings is 4. The Morgan fingerprint density at radius 2 is 1.36 bits per heavy atom. The summed E-state index contributed by atoms with van der Waals surface area (Å²) in [4.78, 5) is 23.3. The molecule has 0 radical (unpaired) electrons. The normalized spacial score (nSPS) is 11.5. The van der Waals surface area contributed by atoms with Crippen molar-refractivity contribution in [1.82, 2.24) is 20.0 Å². The summed E-state index contributed by atoms with van der Waals surface area (Å²) in [5.41, 5.74) is 9.13. The molecule has 1 amide bonds. The molecule has 8 heteroatoms. The molecule has 190 valence electrons. The van der Waals surface area contributed by atoms with Gasteiger partial charge >= 0.3 is 0 Å². The minimum Gasteiger partial charge on any atom is -0.284 e. The van der Waals surface area contributed by atoms with E-state index in [0.29, 0.717) is 9.83 Å². The number of carbonyl (C=O) groups excluding carboxylic acids is 1. The molecule has 0 bridgehead atoms. The second kappa shape index (κ2) is 11.5. The molecule has 0 spiro atoms. The number of thioether (sulfide) groups is 1. The van der Waals surface area contributed by atoms with Crippen LogP contribution < -0.4 is 10.2 Å². The maximum absolute atomic E-state index is 12.9. The number of rotatable bonds is 7. The van der Waals surface area contributed by atoms with Crippen molar-refractivity contribution >= 4 is 40.0 Å². The summed E-state index contributed by atoms with van der Waals surface area (Å²) >= 11 is 2.83. The van der Waals surface area contributed by atoms with Crippen LogP contribution in [0.4, 0.5) is 0 Å². The highest BCUT2D eigenvalue weighted by Crippen LogP contribution is 2.30. The summed E-state index contributed by atoms with van der Waals surface area (Å²) in [6.45, 7) is 0. The van der Waals surface area contributed by atoms with Crippen molar-refractivity contribution in [2.75, 3.05) is 5.75 Å². The molecule has 0 atom stereocenters. The molecular weight excluding hydrogens is 523 g/mol. The number of aromatic nitrogens is 3. The van der Waals surface area contributed by atoms with E-state index in [2.05, 4.69) is 32.6 Å². The van der Waals surface area contributed by atoms with Gasteiger partial charge < -0.3 is 0 Å². The molecule has 0 aliphatic carbocycles. The van der Waals surface area contributed by atoms with Gasteiger partial charge in [-0.15, -0.1) is 16.4 Å². The minimum atomic E-state index is -0.219. The zero-order chi connectivity index (χ0) is 26.4. The zero-order valence-corrected chi connectivity index (χ0v) is 22.4. The Morgan fingerprint density at radius 3 is 2.05 bits per heavy atom. The van der Waals surface area contributed by atoms with Crippen molar-refractivity contribution < 1.29 is 4.79 Å². The van der Waals surface area contributed by atoms with E-state index in [1.807, 2.05) is 103 Å². The summed E-state index contributed by atoms with van der Waals surface area (Å²) < 4.78 is 2.05. The molecule has 2 heterocycles. The molecule has 4 aromatic carbocycles. The van der Waals surface area contributed by atoms with Crippen molar-refractivity contribution in [2.45, 2.75) is 5.03 Å². The van der Waals surface area contributed by atoms with Gasteiger partial charge in [0, 0.05) is 16.6 Å². The Kier molecular flexibility index (Phi) is 7.29. The van der Waals surface area contributed by atoms with E-state index in [-0.39, 0.29) is 11.7 Å². The quantitative estimate of drug-likeness (QED) is 0.183. The largest absolute Gasteiger partial charge is 0.284 e. The Hall–Kier alpha value is -4.53. The third-order valence-corrected chi connectivity index (χ3v) is 7.78. The highest BCUT2D eigenvalue weighted by atomic mass is 32.2. The molecule has 6 rings (SSSR count). The molecule has 0 saturated carbocycles. The molecule has 6 nitrogen and oxygen atoms in total. The van der Waals surface area contributed by atoms with Gasteiger partial charge in [-0.05, 0) is 29.8 Å². The SMILES string of the molecule is O=C(CSc1nc2ccccc2nc1-c1ccccc1)N/N=c1\scc(-c2ccccc2)n1-c1ccccc1. The van der Waals surface area contributed by atoms with E-state index >= 15 is 0 Å². The number of carbonyl (C=O) groups is 1. The Bertz CT molecular complexity index is 1800. The summed E-state index contributed by atoms with van der Waals surface area (Å²) in [5, 5.41) is 7.26. The van der Waals surface area contributed by atoms with Crippen LogP contribution in [0.2, 0.25) is 0 Å². The number of amides is 1. The molecular formula is C31H23N5OS2. The molecule has 0 aliphatic rings. The predicted octanol–water partition coefficient (Wildman–Crippen LogP) is 6.54. The summed E-state index contributed by atoms with van der Waals surface area (Å²) in [6, 6.07) is 37.8. The van der Waals surface area contributed by atoms with Crippen LogP contribution >= 0.6 is 23.1 Å². The van der Waals surface area contributed by atoms with Gasteiger partial charge in [-0.25, -0.2) is 15.4 Å². The molecule has 39 heavy (non-hydrogen) atoms. The van der Waals surface area contributed by atoms with Crippen molar-refractivity contribution in [3.8, 4) is 28.2 Å². The number of fused-ring (bicyclic) bond motifs is 1. The monoisotopic (exact) mass is 545 g/mol. The van der Waals surface area contributed by atoms with Crippen molar-refractivity contribution in [3.63, 3.8) is 0 Å². The van der Waals surface area contributed by atoms with Gasteiger partial charge in [0.25, 0.3) is 5.91 Å². The predicted molar refractivity (Wildman–Crippen MR) is 158 cm³/mol. The minimum absolute atomic E-state index is 0.151. The second-order valence-corrected chi connectivity index (χ2v) is 10.4. The summed E-state index contributed by atoms with van der Waals surface area (Å²) in [5.74, 6) is -0.0678. The van der Waals surface area contributed by atoms with Crippen LogP contribution in [0, 0.1) is 0 Å². The van der Waals surface area contributed by atoms with Crippen LogP contribution in [0.5, 0.6) is 0 Å². The van der Waals surface area contributed by atoms with Gasteiger partial charge in [0.05, 0.1) is 22.5 Å². The lowest BCUT2D eigenvalue weighted by atomic mass is 10.1. The number of thiazole rings is 1. The Labute approximate surface area is 233 Å². The van der Waals surface area contributed by atoms with Crippen molar-refractivity contribution in [2.24, 2.45) is 5.10 Å². The summed E-state index contributed by atoms with van der Waals surface area (Å²) in [6.07, 6.45) is 0. The number of nitrogens with zero attached hydrogens (tertiary/aromatic N) is 4. The Morgan fingerprint density at radius 1 is 0.769 bits per heavy atom. The number of para-hydroxylation sites is 3. The fourth-order valence-corrected chi connectivity index (χ4v) is 5.83. The highest BCUT2D eigenvalue weighted by Gasteiger charge is 2.14. The van der Waals surface area contributed by atoms with E-state index < -0.39 is 0 Å². The highest BCUT2D eigenvalue weighted by molar-refractivity contribution is 8.00. The van der Waals surface area contributed by atoms with Crippen molar-refractivity contribution in [3.05, 3.63) is 125 Å². The Balaban J connectivity index is 1.27. The third-order valence-electron chi connectivity index (χ3n) is 5.99. The molecule has 2 aromatic heterocycles. The van der Waals surface area contributed by atoms with Crippen LogP contribution in [0.1, 0.15) is 0 Å². The molecule has 0 aliphatic heterocycles. The van der Waals surface area contributed by atoms with Crippen LogP contribution in [0.3, 0.4) is 0 Å². The molecule has 1 N–H and O–H groups in total. The number of hydrogen-bond donors (Lipinski definition) is 1. The fraction of sp³-hybridized carbons (Fsp3) is 0.0323. The van der Waals surface area contributed by atoms with E-state index in [1.165, 1.54) is 23.1 Å². The maximum Gasteiger partial charge on any atom is 0.250 e. The van der Waals surface area contributed by atoms with Crippen LogP contribution in [0.25, 0.3) is 39.2 Å². The van der Waals surface area contributed by atoms with Gasteiger partial charge in [-0.3, -0.25) is 9.36 Å². The fourth-order valence-electron chi connectivity index (χ4n) is 4.17. The van der Waals surface area contributed by atoms with E-state index in [0.717, 1.165) is 39.2 Å². The van der Waals surface area contributed by atoms with E-state index in [9.17, 15) is 4.79 Å². The zero-order valence-electron chi connectivity index (χ0n) is 20.8. The van der Waals surface area contributed by atoms with Gasteiger partial charge in [0.15, 0.2) is 0 Å². The maximum atomic E-state index is 12.9. The van der Waals surface area contributed by atoms with E-state index in [4.69, 9.17) is 9.97 Å². The van der Waals surface area contributed by atoms with Crippen LogP contribution in [-0.2, 0) is 4.79 Å².